The summed E-state index contributed by atoms with van der Waals surface area (Å²) in [6.45, 7) is 4.26. The van der Waals surface area contributed by atoms with Crippen LogP contribution in [0.15, 0.2) is 84.9 Å². The molecular weight excluding hydrogens is 340 g/mol. The summed E-state index contributed by atoms with van der Waals surface area (Å²) >= 11 is 0. The first-order valence-electron chi connectivity index (χ1n) is 9.46. The fraction of sp³-hybridized carbons (Fsp3) is 0.0769. The number of anilines is 2. The lowest BCUT2D eigenvalue weighted by molar-refractivity contribution is 1.44. The van der Waals surface area contributed by atoms with Crippen LogP contribution in [-0.2, 0) is 0 Å². The Hall–Kier alpha value is -3.52. The van der Waals surface area contributed by atoms with E-state index in [0.717, 1.165) is 33.6 Å². The van der Waals surface area contributed by atoms with Gasteiger partial charge in [0.2, 0.25) is 0 Å². The van der Waals surface area contributed by atoms with E-state index in [1.165, 1.54) is 22.3 Å². The lowest BCUT2D eigenvalue weighted by Gasteiger charge is -2.18. The number of aryl methyl sites for hydroxylation is 2. The van der Waals surface area contributed by atoms with Crippen molar-refractivity contribution in [3.8, 4) is 33.4 Å². The van der Waals surface area contributed by atoms with Gasteiger partial charge in [0.15, 0.2) is 0 Å². The van der Waals surface area contributed by atoms with Gasteiger partial charge in [-0.3, -0.25) is 0 Å². The van der Waals surface area contributed by atoms with Crippen LogP contribution in [0.5, 0.6) is 0 Å². The first-order valence-corrected chi connectivity index (χ1v) is 9.46. The molecule has 0 aromatic heterocycles. The van der Waals surface area contributed by atoms with Crippen LogP contribution in [0.3, 0.4) is 0 Å². The Morgan fingerprint density at radius 2 is 0.821 bits per heavy atom. The van der Waals surface area contributed by atoms with Crippen LogP contribution in [0.4, 0.5) is 11.4 Å². The van der Waals surface area contributed by atoms with Crippen LogP contribution < -0.4 is 11.5 Å². The molecule has 0 amide bonds. The van der Waals surface area contributed by atoms with Gasteiger partial charge in [-0.1, -0.05) is 60.7 Å². The molecule has 2 heteroatoms. The fourth-order valence-electron chi connectivity index (χ4n) is 3.79. The Balaban J connectivity index is 2.02. The summed E-state index contributed by atoms with van der Waals surface area (Å²) in [6.07, 6.45) is 0. The van der Waals surface area contributed by atoms with Crippen LogP contribution in [0.25, 0.3) is 33.4 Å². The average molecular weight is 364 g/mol. The first kappa shape index (κ1) is 17.9. The number of hydrogen-bond acceptors (Lipinski definition) is 2. The molecule has 2 nitrogen and oxygen atoms in total. The second-order valence-electron chi connectivity index (χ2n) is 7.24. The van der Waals surface area contributed by atoms with E-state index in [0.29, 0.717) is 0 Å². The zero-order chi connectivity index (χ0) is 19.7. The molecule has 4 aromatic rings. The molecular formula is C26H24N2. The van der Waals surface area contributed by atoms with Crippen molar-refractivity contribution >= 4 is 11.4 Å². The van der Waals surface area contributed by atoms with Gasteiger partial charge in [-0.05, 0) is 82.6 Å². The summed E-state index contributed by atoms with van der Waals surface area (Å²) < 4.78 is 0. The molecule has 0 spiro atoms. The largest absolute Gasteiger partial charge is 0.399 e. The summed E-state index contributed by atoms with van der Waals surface area (Å²) in [4.78, 5) is 0. The quantitative estimate of drug-likeness (QED) is 0.409. The van der Waals surface area contributed by atoms with E-state index in [-0.39, 0.29) is 0 Å². The molecule has 0 saturated heterocycles. The lowest BCUT2D eigenvalue weighted by Crippen LogP contribution is -1.95. The Labute approximate surface area is 166 Å². The molecule has 0 aliphatic heterocycles. The molecule has 0 atom stereocenters. The van der Waals surface area contributed by atoms with Gasteiger partial charge in [-0.15, -0.1) is 0 Å². The van der Waals surface area contributed by atoms with E-state index in [1.54, 1.807) is 0 Å². The van der Waals surface area contributed by atoms with Crippen molar-refractivity contribution in [2.24, 2.45) is 0 Å². The molecule has 0 heterocycles. The molecule has 138 valence electrons. The van der Waals surface area contributed by atoms with Crippen LogP contribution >= 0.6 is 0 Å². The minimum absolute atomic E-state index is 0.759. The highest BCUT2D eigenvalue weighted by atomic mass is 14.5. The molecule has 4 rings (SSSR count). The van der Waals surface area contributed by atoms with Crippen LogP contribution in [0.1, 0.15) is 11.1 Å². The highest BCUT2D eigenvalue weighted by Gasteiger charge is 2.15. The standard InChI is InChI=1S/C26H24N2/c1-17-7-3-5-9-21(17)25-15-19(27)11-13-23(25)24-14-12-20(28)16-26(24)22-10-6-4-8-18(22)2/h3-16H,27-28H2,1-2H3. The predicted molar refractivity (Wildman–Crippen MR) is 121 cm³/mol. The van der Waals surface area contributed by atoms with E-state index in [4.69, 9.17) is 11.5 Å². The SMILES string of the molecule is Cc1ccccc1-c1cc(N)ccc1-c1ccc(N)cc1-c1ccccc1C. The molecule has 4 N–H and O–H groups in total. The maximum atomic E-state index is 6.17. The minimum atomic E-state index is 0.759. The fourth-order valence-corrected chi connectivity index (χ4v) is 3.79. The number of rotatable bonds is 3. The molecule has 0 aliphatic carbocycles. The Morgan fingerprint density at radius 1 is 0.429 bits per heavy atom. The maximum Gasteiger partial charge on any atom is 0.0320 e. The minimum Gasteiger partial charge on any atom is -0.399 e. The summed E-state index contributed by atoms with van der Waals surface area (Å²) in [5.41, 5.74) is 23.3. The topological polar surface area (TPSA) is 52.0 Å². The Morgan fingerprint density at radius 3 is 1.21 bits per heavy atom. The summed E-state index contributed by atoms with van der Waals surface area (Å²) in [5.74, 6) is 0. The normalized spacial score (nSPS) is 10.8. The molecule has 0 bridgehead atoms. The van der Waals surface area contributed by atoms with Crippen molar-refractivity contribution in [3.63, 3.8) is 0 Å². The maximum absolute atomic E-state index is 6.17. The van der Waals surface area contributed by atoms with Gasteiger partial charge in [-0.2, -0.15) is 0 Å². The molecule has 0 saturated carbocycles. The lowest BCUT2D eigenvalue weighted by atomic mass is 9.86. The smallest absolute Gasteiger partial charge is 0.0320 e. The van der Waals surface area contributed by atoms with Crippen molar-refractivity contribution < 1.29 is 0 Å². The molecule has 0 radical (unpaired) electrons. The van der Waals surface area contributed by atoms with Gasteiger partial charge >= 0.3 is 0 Å². The van der Waals surface area contributed by atoms with Crippen LogP contribution in [0.2, 0.25) is 0 Å². The van der Waals surface area contributed by atoms with Crippen LogP contribution in [-0.4, -0.2) is 0 Å². The predicted octanol–water partition coefficient (Wildman–Crippen LogP) is 6.47. The third kappa shape index (κ3) is 3.25. The molecule has 4 aromatic carbocycles. The van der Waals surface area contributed by atoms with Crippen molar-refractivity contribution in [1.29, 1.82) is 0 Å². The van der Waals surface area contributed by atoms with Gasteiger partial charge in [0.25, 0.3) is 0 Å². The first-order chi connectivity index (χ1) is 13.5. The third-order valence-electron chi connectivity index (χ3n) is 5.25. The molecule has 0 unspecified atom stereocenters. The zero-order valence-corrected chi connectivity index (χ0v) is 16.2. The van der Waals surface area contributed by atoms with E-state index in [1.807, 2.05) is 12.1 Å². The average Bonchev–Trinajstić information content (AvgIpc) is 2.69. The third-order valence-corrected chi connectivity index (χ3v) is 5.25. The second-order valence-corrected chi connectivity index (χ2v) is 7.24. The second kappa shape index (κ2) is 7.24. The van der Waals surface area contributed by atoms with Gasteiger partial charge < -0.3 is 11.5 Å². The van der Waals surface area contributed by atoms with Crippen molar-refractivity contribution in [2.45, 2.75) is 13.8 Å². The van der Waals surface area contributed by atoms with Gasteiger partial charge in [0.1, 0.15) is 0 Å². The van der Waals surface area contributed by atoms with Crippen molar-refractivity contribution in [1.82, 2.24) is 0 Å². The van der Waals surface area contributed by atoms with E-state index in [2.05, 4.69) is 86.6 Å². The summed E-state index contributed by atoms with van der Waals surface area (Å²) in [6, 6.07) is 29.1. The zero-order valence-electron chi connectivity index (χ0n) is 16.2. The number of nitrogen functional groups attached to an aromatic ring is 2. The van der Waals surface area contributed by atoms with Gasteiger partial charge in [0, 0.05) is 11.4 Å². The Kier molecular flexibility index (Phi) is 4.62. The monoisotopic (exact) mass is 364 g/mol. The molecule has 0 aliphatic rings. The summed E-state index contributed by atoms with van der Waals surface area (Å²) in [5, 5.41) is 0. The van der Waals surface area contributed by atoms with E-state index < -0.39 is 0 Å². The number of hydrogen-bond donors (Lipinski definition) is 2. The van der Waals surface area contributed by atoms with E-state index in [9.17, 15) is 0 Å². The van der Waals surface area contributed by atoms with Crippen LogP contribution in [0, 0.1) is 13.8 Å². The van der Waals surface area contributed by atoms with Gasteiger partial charge in [-0.25, -0.2) is 0 Å². The molecule has 28 heavy (non-hydrogen) atoms. The number of benzene rings is 4. The van der Waals surface area contributed by atoms with Crippen molar-refractivity contribution in [3.05, 3.63) is 96.1 Å². The Bertz CT molecular complexity index is 1070. The van der Waals surface area contributed by atoms with Gasteiger partial charge in [0.05, 0.1) is 0 Å². The highest BCUT2D eigenvalue weighted by Crippen LogP contribution is 2.41. The van der Waals surface area contributed by atoms with Crippen molar-refractivity contribution in [2.75, 3.05) is 11.5 Å². The number of nitrogens with two attached hydrogens (primary N) is 2. The molecule has 0 fully saturated rings. The summed E-state index contributed by atoms with van der Waals surface area (Å²) in [7, 11) is 0. The van der Waals surface area contributed by atoms with E-state index >= 15 is 0 Å². The highest BCUT2D eigenvalue weighted by molar-refractivity contribution is 5.94.